The van der Waals surface area contributed by atoms with Crippen molar-refractivity contribution in [1.82, 2.24) is 0 Å². The highest BCUT2D eigenvalue weighted by Gasteiger charge is 1.97. The number of hydrogen-bond donors (Lipinski definition) is 0. The molecule has 0 fully saturated rings. The molecule has 0 heterocycles. The Morgan fingerprint density at radius 2 is 2.11 bits per heavy atom. The van der Waals surface area contributed by atoms with Gasteiger partial charge in [-0.3, -0.25) is 0 Å². The molecule has 0 saturated heterocycles. The maximum atomic E-state index is 10.2. The molecule has 3 radical (unpaired) electrons. The van der Waals surface area contributed by atoms with Crippen molar-refractivity contribution in [2.45, 2.75) is 19.7 Å². The molecule has 0 spiro atoms. The minimum absolute atomic E-state index is 0.0174. The van der Waals surface area contributed by atoms with Crippen LogP contribution in [0.25, 0.3) is 0 Å². The number of hydrogen-bond acceptors (Lipinski definition) is 2. The largest absolute Gasteiger partial charge is 0.313 e. The normalized spacial score (nSPS) is 8.56. The first-order chi connectivity index (χ1) is 4.13. The summed E-state index contributed by atoms with van der Waals surface area (Å²) in [6.45, 7) is 1.45. The average molecular weight is 121 g/mol. The summed E-state index contributed by atoms with van der Waals surface area (Å²) in [5.41, 5.74) is -0.385. The summed E-state index contributed by atoms with van der Waals surface area (Å²) in [5.74, 6) is 0. The predicted octanol–water partition coefficient (Wildman–Crippen LogP) is -0.259. The van der Waals surface area contributed by atoms with Gasteiger partial charge in [0.2, 0.25) is 7.28 Å². The van der Waals surface area contributed by atoms with Crippen molar-refractivity contribution < 1.29 is 9.59 Å². The van der Waals surface area contributed by atoms with Gasteiger partial charge in [-0.05, 0) is 13.3 Å². The van der Waals surface area contributed by atoms with Crippen LogP contribution in [-0.2, 0) is 9.59 Å². The number of carbonyl (C=O) groups is 2. The van der Waals surface area contributed by atoms with Crippen LogP contribution in [0.5, 0.6) is 0 Å². The molecule has 0 aliphatic rings. The van der Waals surface area contributed by atoms with Crippen LogP contribution in [0.4, 0.5) is 0 Å². The zero-order chi connectivity index (χ0) is 7.28. The molecule has 0 unspecified atom stereocenters. The van der Waals surface area contributed by atoms with Crippen LogP contribution in [0.3, 0.4) is 0 Å². The first-order valence-electron chi connectivity index (χ1n) is 2.75. The van der Waals surface area contributed by atoms with Crippen molar-refractivity contribution in [3.8, 4) is 0 Å². The van der Waals surface area contributed by atoms with E-state index < -0.39 is 0 Å². The molecule has 0 aliphatic heterocycles. The van der Waals surface area contributed by atoms with E-state index in [1.807, 2.05) is 0 Å². The van der Waals surface area contributed by atoms with Gasteiger partial charge in [-0.2, -0.15) is 0 Å². The van der Waals surface area contributed by atoms with Crippen LogP contribution in [0.15, 0.2) is 0 Å². The maximum Gasteiger partial charge on any atom is 0.202 e. The Balaban J connectivity index is 3.10. The molecule has 9 heavy (non-hydrogen) atoms. The van der Waals surface area contributed by atoms with Gasteiger partial charge < -0.3 is 9.59 Å². The van der Waals surface area contributed by atoms with Gasteiger partial charge in [0.1, 0.15) is 0 Å². The van der Waals surface area contributed by atoms with E-state index in [1.165, 1.54) is 14.2 Å². The fourth-order valence-corrected chi connectivity index (χ4v) is 0.418. The second kappa shape index (κ2) is 4.36. The summed E-state index contributed by atoms with van der Waals surface area (Å²) in [6, 6.07) is 0. The summed E-state index contributed by atoms with van der Waals surface area (Å²) in [4.78, 5) is 20.3. The fourth-order valence-electron chi connectivity index (χ4n) is 0.418. The van der Waals surface area contributed by atoms with Crippen molar-refractivity contribution >= 4 is 26.5 Å². The van der Waals surface area contributed by atoms with Crippen LogP contribution in [-0.4, -0.2) is 26.5 Å². The minimum Gasteiger partial charge on any atom is -0.313 e. The first-order valence-corrected chi connectivity index (χ1v) is 2.75. The maximum absolute atomic E-state index is 10.2. The van der Waals surface area contributed by atoms with Crippen LogP contribution in [0.1, 0.15) is 13.3 Å². The molecule has 2 nitrogen and oxygen atoms in total. The Morgan fingerprint density at radius 1 is 1.56 bits per heavy atom. The molecule has 0 aliphatic carbocycles. The third-order valence-electron chi connectivity index (χ3n) is 0.823. The lowest BCUT2D eigenvalue weighted by Gasteiger charge is -1.89. The van der Waals surface area contributed by atoms with Gasteiger partial charge in [0.05, 0.1) is 11.4 Å². The van der Waals surface area contributed by atoms with E-state index in [2.05, 4.69) is 0 Å². The highest BCUT2D eigenvalue weighted by atomic mass is 16.1. The third-order valence-corrected chi connectivity index (χ3v) is 0.823. The van der Waals surface area contributed by atoms with Gasteiger partial charge in [-0.1, -0.05) is 6.32 Å². The highest BCUT2D eigenvalue weighted by Crippen LogP contribution is 1.87. The molecule has 4 heteroatoms. The molecule has 0 aromatic heterocycles. The smallest absolute Gasteiger partial charge is 0.202 e. The molecular weight excluding hydrogens is 114 g/mol. The van der Waals surface area contributed by atoms with Crippen LogP contribution in [0.2, 0.25) is 6.32 Å². The Labute approximate surface area is 56.7 Å². The summed E-state index contributed by atoms with van der Waals surface area (Å²) in [7, 11) is 6.26. The quantitative estimate of drug-likeness (QED) is 0.480. The van der Waals surface area contributed by atoms with Gasteiger partial charge in [0.15, 0.2) is 7.85 Å². The van der Waals surface area contributed by atoms with Gasteiger partial charge in [0.25, 0.3) is 0 Å². The molecule has 0 atom stereocenters. The zero-order valence-electron chi connectivity index (χ0n) is 5.39. The fraction of sp³-hybridized carbons (Fsp3) is 0.600. The van der Waals surface area contributed by atoms with Crippen molar-refractivity contribution in [3.63, 3.8) is 0 Å². The van der Waals surface area contributed by atoms with E-state index in [-0.39, 0.29) is 17.8 Å². The van der Waals surface area contributed by atoms with Gasteiger partial charge in [-0.25, -0.2) is 0 Å². The molecule has 0 bridgehead atoms. The molecule has 0 amide bonds. The van der Waals surface area contributed by atoms with E-state index in [0.717, 1.165) is 0 Å². The molecule has 45 valence electrons. The first kappa shape index (κ1) is 8.47. The SMILES string of the molecule is [B]C(=O)CC[B]C(C)=O. The van der Waals surface area contributed by atoms with Gasteiger partial charge in [-0.15, -0.1) is 0 Å². The third kappa shape index (κ3) is 7.47. The summed E-state index contributed by atoms with van der Waals surface area (Å²) < 4.78 is 0. The molecule has 0 aromatic rings. The Morgan fingerprint density at radius 3 is 2.44 bits per heavy atom. The average Bonchev–Trinajstić information content (AvgIpc) is 1.63. The molecular formula is C5H7B2O2. The molecule has 0 rings (SSSR count). The second-order valence-electron chi connectivity index (χ2n) is 1.82. The molecule has 0 N–H and O–H groups in total. The standard InChI is InChI=1S/C5H7B2O2/c1-4(8)7-3-2-5(6)9/h2-3H2,1H3. The lowest BCUT2D eigenvalue weighted by atomic mass is 9.68. The van der Waals surface area contributed by atoms with Gasteiger partial charge in [0, 0.05) is 0 Å². The van der Waals surface area contributed by atoms with Crippen molar-refractivity contribution in [3.05, 3.63) is 0 Å². The van der Waals surface area contributed by atoms with Crippen molar-refractivity contribution in [2.24, 2.45) is 0 Å². The second-order valence-corrected chi connectivity index (χ2v) is 1.82. The lowest BCUT2D eigenvalue weighted by Crippen LogP contribution is -2.05. The molecule has 0 saturated carbocycles. The molecule has 0 aromatic carbocycles. The van der Waals surface area contributed by atoms with E-state index in [1.54, 1.807) is 0 Å². The van der Waals surface area contributed by atoms with Gasteiger partial charge >= 0.3 is 0 Å². The summed E-state index contributed by atoms with van der Waals surface area (Å²) in [6.07, 6.45) is 0.726. The predicted molar refractivity (Wildman–Crippen MR) is 36.6 cm³/mol. The Kier molecular flexibility index (Phi) is 4.10. The summed E-state index contributed by atoms with van der Waals surface area (Å²) >= 11 is 0. The van der Waals surface area contributed by atoms with Crippen molar-refractivity contribution in [2.75, 3.05) is 0 Å². The van der Waals surface area contributed by atoms with Crippen LogP contribution in [0, 0.1) is 0 Å². The highest BCUT2D eigenvalue weighted by molar-refractivity contribution is 6.74. The monoisotopic (exact) mass is 121 g/mol. The Hall–Kier alpha value is -0.530. The van der Waals surface area contributed by atoms with E-state index in [9.17, 15) is 9.59 Å². The topological polar surface area (TPSA) is 34.1 Å². The minimum atomic E-state index is -0.368. The van der Waals surface area contributed by atoms with E-state index >= 15 is 0 Å². The van der Waals surface area contributed by atoms with E-state index in [4.69, 9.17) is 7.85 Å². The van der Waals surface area contributed by atoms with Crippen LogP contribution >= 0.6 is 0 Å². The lowest BCUT2D eigenvalue weighted by molar-refractivity contribution is -0.111. The van der Waals surface area contributed by atoms with E-state index in [0.29, 0.717) is 6.32 Å². The number of rotatable bonds is 4. The summed E-state index contributed by atoms with van der Waals surface area (Å²) in [5, 5.41) is 0. The number of carbonyl (C=O) groups excluding carboxylic acids is 2. The van der Waals surface area contributed by atoms with Crippen LogP contribution < -0.4 is 0 Å². The zero-order valence-corrected chi connectivity index (χ0v) is 5.39. The Bertz CT molecular complexity index is 108. The van der Waals surface area contributed by atoms with Crippen molar-refractivity contribution in [1.29, 1.82) is 0 Å².